The topological polar surface area (TPSA) is 52.0 Å². The Bertz CT molecular complexity index is 402. The van der Waals surface area contributed by atoms with Crippen LogP contribution in [-0.2, 0) is 0 Å². The van der Waals surface area contributed by atoms with Crippen LogP contribution in [0.3, 0.4) is 0 Å². The number of pyridine rings is 1. The molecule has 0 bridgehead atoms. The summed E-state index contributed by atoms with van der Waals surface area (Å²) in [6.45, 7) is 3.13. The average Bonchev–Trinajstić information content (AvgIpc) is 3.20. The van der Waals surface area contributed by atoms with E-state index in [1.54, 1.807) is 12.3 Å². The molecule has 2 rings (SSSR count). The van der Waals surface area contributed by atoms with Gasteiger partial charge in [-0.15, -0.1) is 0 Å². The van der Waals surface area contributed by atoms with Gasteiger partial charge in [-0.3, -0.25) is 4.90 Å². The van der Waals surface area contributed by atoms with Gasteiger partial charge in [0, 0.05) is 18.6 Å². The second-order valence-electron chi connectivity index (χ2n) is 4.67. The quantitative estimate of drug-likeness (QED) is 0.838. The van der Waals surface area contributed by atoms with Crippen LogP contribution in [0.1, 0.15) is 25.5 Å². The van der Waals surface area contributed by atoms with Crippen molar-refractivity contribution in [3.05, 3.63) is 24.0 Å². The summed E-state index contributed by atoms with van der Waals surface area (Å²) in [5, 5.41) is 12.0. The molecule has 1 aromatic rings. The number of hydrogen-bond acceptors (Lipinski definition) is 4. The molecule has 1 unspecified atom stereocenters. The molecule has 4 heteroatoms. The number of aromatic nitrogens is 1. The van der Waals surface area contributed by atoms with E-state index in [0.29, 0.717) is 11.7 Å². The number of nitrogens with zero attached hydrogens (tertiary/aromatic N) is 3. The molecule has 0 spiro atoms. The van der Waals surface area contributed by atoms with Crippen molar-refractivity contribution >= 4 is 5.69 Å². The zero-order valence-electron chi connectivity index (χ0n) is 10.3. The highest BCUT2D eigenvalue weighted by Crippen LogP contribution is 2.26. The molecule has 1 heterocycles. The summed E-state index contributed by atoms with van der Waals surface area (Å²) in [5.41, 5.74) is 1.43. The van der Waals surface area contributed by atoms with E-state index in [2.05, 4.69) is 29.2 Å². The number of rotatable bonds is 5. The monoisotopic (exact) mass is 230 g/mol. The molecule has 0 aromatic carbocycles. The third kappa shape index (κ3) is 3.18. The van der Waals surface area contributed by atoms with Gasteiger partial charge in [-0.05, 0) is 38.9 Å². The Morgan fingerprint density at radius 3 is 2.88 bits per heavy atom. The number of nitriles is 1. The summed E-state index contributed by atoms with van der Waals surface area (Å²) in [7, 11) is 2.18. The molecule has 1 atom stereocenters. The highest BCUT2D eigenvalue weighted by molar-refractivity contribution is 5.42. The van der Waals surface area contributed by atoms with Crippen molar-refractivity contribution in [3.63, 3.8) is 0 Å². The van der Waals surface area contributed by atoms with Gasteiger partial charge in [0.05, 0.1) is 11.9 Å². The molecular weight excluding hydrogens is 212 g/mol. The fourth-order valence-corrected chi connectivity index (χ4v) is 1.82. The fraction of sp³-hybridized carbons (Fsp3) is 0.538. The molecular formula is C13H18N4. The highest BCUT2D eigenvalue weighted by atomic mass is 15.2. The summed E-state index contributed by atoms with van der Waals surface area (Å²) in [4.78, 5) is 6.45. The number of hydrogen-bond donors (Lipinski definition) is 1. The van der Waals surface area contributed by atoms with Gasteiger partial charge in [-0.2, -0.15) is 5.26 Å². The number of nitrogens with one attached hydrogen (secondary N) is 1. The largest absolute Gasteiger partial charge is 0.382 e. The van der Waals surface area contributed by atoms with Gasteiger partial charge in [0.2, 0.25) is 0 Å². The Hall–Kier alpha value is -1.60. The number of likely N-dealkylation sites (N-methyl/N-ethyl adjacent to an activating group) is 1. The van der Waals surface area contributed by atoms with E-state index in [4.69, 9.17) is 5.26 Å². The molecule has 1 N–H and O–H groups in total. The zero-order chi connectivity index (χ0) is 12.3. The normalized spacial score (nSPS) is 16.6. The van der Waals surface area contributed by atoms with Crippen LogP contribution in [0.15, 0.2) is 18.3 Å². The lowest BCUT2D eigenvalue weighted by molar-refractivity contribution is 0.257. The van der Waals surface area contributed by atoms with Crippen LogP contribution in [0, 0.1) is 11.3 Å². The van der Waals surface area contributed by atoms with Gasteiger partial charge >= 0.3 is 0 Å². The van der Waals surface area contributed by atoms with Crippen LogP contribution >= 0.6 is 0 Å². The maximum atomic E-state index is 8.65. The Morgan fingerprint density at radius 2 is 2.35 bits per heavy atom. The van der Waals surface area contributed by atoms with Crippen LogP contribution in [0.2, 0.25) is 0 Å². The van der Waals surface area contributed by atoms with Crippen LogP contribution in [0.5, 0.6) is 0 Å². The van der Waals surface area contributed by atoms with E-state index in [1.165, 1.54) is 12.8 Å². The Balaban J connectivity index is 1.82. The molecule has 17 heavy (non-hydrogen) atoms. The Kier molecular flexibility index (Phi) is 3.60. The van der Waals surface area contributed by atoms with E-state index in [0.717, 1.165) is 18.3 Å². The standard InChI is InChI=1S/C13H18N4/c1-10(17(2)13-5-6-13)8-15-12-4-3-11(7-14)16-9-12/h3-4,9-10,13,15H,5-6,8H2,1-2H3. The summed E-state index contributed by atoms with van der Waals surface area (Å²) in [5.74, 6) is 0. The summed E-state index contributed by atoms with van der Waals surface area (Å²) >= 11 is 0. The summed E-state index contributed by atoms with van der Waals surface area (Å²) in [6, 6.07) is 6.94. The van der Waals surface area contributed by atoms with Crippen molar-refractivity contribution in [2.75, 3.05) is 18.9 Å². The van der Waals surface area contributed by atoms with Crippen molar-refractivity contribution in [2.24, 2.45) is 0 Å². The van der Waals surface area contributed by atoms with Crippen LogP contribution in [0.25, 0.3) is 0 Å². The van der Waals surface area contributed by atoms with E-state index in [9.17, 15) is 0 Å². The van der Waals surface area contributed by atoms with Gasteiger partial charge in [0.25, 0.3) is 0 Å². The Morgan fingerprint density at radius 1 is 1.59 bits per heavy atom. The van der Waals surface area contributed by atoms with Crippen molar-refractivity contribution in [2.45, 2.75) is 31.8 Å². The molecule has 4 nitrogen and oxygen atoms in total. The first-order valence-electron chi connectivity index (χ1n) is 6.02. The minimum absolute atomic E-state index is 0.457. The van der Waals surface area contributed by atoms with Gasteiger partial charge in [-0.25, -0.2) is 4.98 Å². The molecule has 0 aliphatic heterocycles. The highest BCUT2D eigenvalue weighted by Gasteiger charge is 2.28. The van der Waals surface area contributed by atoms with Gasteiger partial charge in [0.15, 0.2) is 0 Å². The molecule has 0 saturated heterocycles. The van der Waals surface area contributed by atoms with Crippen LogP contribution in [0.4, 0.5) is 5.69 Å². The zero-order valence-corrected chi connectivity index (χ0v) is 10.3. The van der Waals surface area contributed by atoms with Crippen molar-refractivity contribution in [3.8, 4) is 6.07 Å². The second-order valence-corrected chi connectivity index (χ2v) is 4.67. The van der Waals surface area contributed by atoms with Gasteiger partial charge in [-0.1, -0.05) is 0 Å². The van der Waals surface area contributed by atoms with Crippen LogP contribution < -0.4 is 5.32 Å². The predicted octanol–water partition coefficient (Wildman–Crippen LogP) is 1.85. The molecule has 90 valence electrons. The lowest BCUT2D eigenvalue weighted by atomic mass is 10.2. The minimum Gasteiger partial charge on any atom is -0.382 e. The van der Waals surface area contributed by atoms with E-state index in [1.807, 2.05) is 12.1 Å². The predicted molar refractivity (Wildman–Crippen MR) is 67.7 cm³/mol. The first-order valence-corrected chi connectivity index (χ1v) is 6.02. The average molecular weight is 230 g/mol. The summed E-state index contributed by atoms with van der Waals surface area (Å²) in [6.07, 6.45) is 4.38. The molecule has 0 amide bonds. The van der Waals surface area contributed by atoms with E-state index < -0.39 is 0 Å². The van der Waals surface area contributed by atoms with Crippen molar-refractivity contribution in [1.82, 2.24) is 9.88 Å². The first-order chi connectivity index (χ1) is 8.20. The maximum absolute atomic E-state index is 8.65. The molecule has 0 radical (unpaired) electrons. The smallest absolute Gasteiger partial charge is 0.140 e. The van der Waals surface area contributed by atoms with Crippen LogP contribution in [-0.4, -0.2) is 35.6 Å². The third-order valence-corrected chi connectivity index (χ3v) is 3.30. The van der Waals surface area contributed by atoms with Crippen molar-refractivity contribution in [1.29, 1.82) is 5.26 Å². The lowest BCUT2D eigenvalue weighted by Crippen LogP contribution is -2.36. The fourth-order valence-electron chi connectivity index (χ4n) is 1.82. The molecule has 1 aromatic heterocycles. The minimum atomic E-state index is 0.457. The van der Waals surface area contributed by atoms with Gasteiger partial charge in [0.1, 0.15) is 11.8 Å². The van der Waals surface area contributed by atoms with E-state index >= 15 is 0 Å². The molecule has 1 saturated carbocycles. The molecule has 1 aliphatic rings. The Labute approximate surface area is 102 Å². The molecule has 1 fully saturated rings. The third-order valence-electron chi connectivity index (χ3n) is 3.30. The first kappa shape index (κ1) is 11.9. The summed E-state index contributed by atoms with van der Waals surface area (Å²) < 4.78 is 0. The SMILES string of the molecule is CC(CNc1ccc(C#N)nc1)N(C)C1CC1. The molecule has 1 aliphatic carbocycles. The number of anilines is 1. The second kappa shape index (κ2) is 5.15. The van der Waals surface area contributed by atoms with E-state index in [-0.39, 0.29) is 0 Å². The van der Waals surface area contributed by atoms with Gasteiger partial charge < -0.3 is 5.32 Å². The maximum Gasteiger partial charge on any atom is 0.140 e. The van der Waals surface area contributed by atoms with Crippen molar-refractivity contribution < 1.29 is 0 Å². The lowest BCUT2D eigenvalue weighted by Gasteiger charge is -2.24.